The van der Waals surface area contributed by atoms with Crippen LogP contribution in [0, 0.1) is 5.92 Å². The minimum atomic E-state index is -0.824. The molecular formula is C15H19NO4. The summed E-state index contributed by atoms with van der Waals surface area (Å²) < 4.78 is 0. The van der Waals surface area contributed by atoms with Crippen molar-refractivity contribution in [3.05, 3.63) is 35.9 Å². The Balaban J connectivity index is 2.32. The van der Waals surface area contributed by atoms with Gasteiger partial charge in [0.25, 0.3) is 0 Å². The largest absolute Gasteiger partial charge is 0.508 e. The smallest absolute Gasteiger partial charge is 0.303 e. The quantitative estimate of drug-likeness (QED) is 0.665. The number of aliphatic carboxylic acids is 1. The first-order valence-corrected chi connectivity index (χ1v) is 6.44. The number of carboxylic acid groups (broad SMARTS) is 1. The topological polar surface area (TPSA) is 86.6 Å². The van der Waals surface area contributed by atoms with Gasteiger partial charge in [-0.05, 0) is 36.1 Å². The number of phenolic OH excluding ortho intramolecular Hbond substituents is 1. The average Bonchev–Trinajstić information content (AvgIpc) is 2.42. The Kier molecular flexibility index (Phi) is 6.29. The molecular weight excluding hydrogens is 258 g/mol. The van der Waals surface area contributed by atoms with Crippen molar-refractivity contribution in [1.29, 1.82) is 0 Å². The number of nitrogens with one attached hydrogen (secondary N) is 1. The highest BCUT2D eigenvalue weighted by atomic mass is 16.4. The summed E-state index contributed by atoms with van der Waals surface area (Å²) >= 11 is 0. The summed E-state index contributed by atoms with van der Waals surface area (Å²) in [6.07, 6.45) is 3.71. The van der Waals surface area contributed by atoms with Gasteiger partial charge in [-0.25, -0.2) is 0 Å². The number of carbonyl (C=O) groups excluding carboxylic acids is 1. The maximum absolute atomic E-state index is 11.6. The molecule has 1 amide bonds. The van der Waals surface area contributed by atoms with Crippen molar-refractivity contribution in [3.63, 3.8) is 0 Å². The van der Waals surface area contributed by atoms with Crippen molar-refractivity contribution in [2.45, 2.75) is 19.8 Å². The Hall–Kier alpha value is -2.30. The Morgan fingerprint density at radius 1 is 1.30 bits per heavy atom. The minimum Gasteiger partial charge on any atom is -0.508 e. The van der Waals surface area contributed by atoms with E-state index >= 15 is 0 Å². The molecule has 0 radical (unpaired) electrons. The van der Waals surface area contributed by atoms with Crippen molar-refractivity contribution < 1.29 is 19.8 Å². The van der Waals surface area contributed by atoms with Crippen LogP contribution in [0.4, 0.5) is 0 Å². The highest BCUT2D eigenvalue weighted by Gasteiger charge is 2.06. The van der Waals surface area contributed by atoms with E-state index in [0.717, 1.165) is 5.56 Å². The lowest BCUT2D eigenvalue weighted by Crippen LogP contribution is -2.26. The zero-order valence-electron chi connectivity index (χ0n) is 11.4. The maximum Gasteiger partial charge on any atom is 0.303 e. The van der Waals surface area contributed by atoms with Crippen molar-refractivity contribution in [1.82, 2.24) is 5.32 Å². The number of aromatic hydroxyl groups is 1. The van der Waals surface area contributed by atoms with Gasteiger partial charge in [0.05, 0.1) is 0 Å². The fraction of sp³-hybridized carbons (Fsp3) is 0.333. The number of benzene rings is 1. The zero-order chi connectivity index (χ0) is 15.0. The summed E-state index contributed by atoms with van der Waals surface area (Å²) in [5, 5.41) is 20.4. The van der Waals surface area contributed by atoms with Gasteiger partial charge < -0.3 is 15.5 Å². The van der Waals surface area contributed by atoms with E-state index < -0.39 is 5.97 Å². The first-order chi connectivity index (χ1) is 9.47. The van der Waals surface area contributed by atoms with E-state index in [1.807, 2.05) is 6.92 Å². The Labute approximate surface area is 117 Å². The molecule has 1 rings (SSSR count). The Morgan fingerprint density at radius 2 is 1.95 bits per heavy atom. The number of rotatable bonds is 7. The lowest BCUT2D eigenvalue weighted by Gasteiger charge is -2.09. The summed E-state index contributed by atoms with van der Waals surface area (Å²) in [6.45, 7) is 2.35. The summed E-state index contributed by atoms with van der Waals surface area (Å²) in [7, 11) is 0. The summed E-state index contributed by atoms with van der Waals surface area (Å²) in [5.41, 5.74) is 0.817. The zero-order valence-corrected chi connectivity index (χ0v) is 11.4. The molecule has 3 N–H and O–H groups in total. The van der Waals surface area contributed by atoms with E-state index in [4.69, 9.17) is 10.2 Å². The highest BCUT2D eigenvalue weighted by molar-refractivity contribution is 5.91. The van der Waals surface area contributed by atoms with Crippen LogP contribution in [0.3, 0.4) is 0 Å². The molecule has 0 bridgehead atoms. The van der Waals surface area contributed by atoms with Crippen LogP contribution in [-0.2, 0) is 9.59 Å². The predicted molar refractivity (Wildman–Crippen MR) is 76.2 cm³/mol. The maximum atomic E-state index is 11.6. The van der Waals surface area contributed by atoms with Crippen LogP contribution in [-0.4, -0.2) is 28.6 Å². The van der Waals surface area contributed by atoms with Gasteiger partial charge in [-0.15, -0.1) is 0 Å². The van der Waals surface area contributed by atoms with Crippen LogP contribution >= 0.6 is 0 Å². The molecule has 1 unspecified atom stereocenters. The number of carbonyl (C=O) groups is 2. The van der Waals surface area contributed by atoms with Gasteiger partial charge in [-0.1, -0.05) is 19.1 Å². The molecule has 20 heavy (non-hydrogen) atoms. The van der Waals surface area contributed by atoms with Crippen LogP contribution in [0.1, 0.15) is 25.3 Å². The van der Waals surface area contributed by atoms with Gasteiger partial charge in [0.1, 0.15) is 5.75 Å². The van der Waals surface area contributed by atoms with Crippen molar-refractivity contribution >= 4 is 18.0 Å². The summed E-state index contributed by atoms with van der Waals surface area (Å²) in [6, 6.07) is 6.50. The molecule has 5 heteroatoms. The van der Waals surface area contributed by atoms with E-state index in [2.05, 4.69) is 5.32 Å². The molecule has 0 spiro atoms. The molecule has 0 aliphatic heterocycles. The number of hydrogen-bond acceptors (Lipinski definition) is 3. The second-order valence-electron chi connectivity index (χ2n) is 4.71. The Bertz CT molecular complexity index is 479. The molecule has 0 aromatic heterocycles. The van der Waals surface area contributed by atoms with Gasteiger partial charge in [-0.2, -0.15) is 0 Å². The molecule has 0 fully saturated rings. The molecule has 1 aromatic rings. The van der Waals surface area contributed by atoms with Gasteiger partial charge in [0.2, 0.25) is 5.91 Å². The van der Waals surface area contributed by atoms with Gasteiger partial charge >= 0.3 is 5.97 Å². The lowest BCUT2D eigenvalue weighted by atomic mass is 10.1. The van der Waals surface area contributed by atoms with Crippen molar-refractivity contribution in [2.75, 3.05) is 6.54 Å². The second-order valence-corrected chi connectivity index (χ2v) is 4.71. The number of hydrogen-bond donors (Lipinski definition) is 3. The highest BCUT2D eigenvalue weighted by Crippen LogP contribution is 2.10. The van der Waals surface area contributed by atoms with Crippen LogP contribution < -0.4 is 5.32 Å². The van der Waals surface area contributed by atoms with Crippen LogP contribution in [0.25, 0.3) is 6.08 Å². The third-order valence-corrected chi connectivity index (χ3v) is 2.80. The van der Waals surface area contributed by atoms with Gasteiger partial charge in [0.15, 0.2) is 0 Å². The second kappa shape index (κ2) is 7.99. The standard InChI is InChI=1S/C15H19NO4/c1-11(2-9-15(19)20)10-16-14(18)8-5-12-3-6-13(17)7-4-12/h3-8,11,17H,2,9-10H2,1H3,(H,16,18)(H,19,20)/b8-5+. The van der Waals surface area contributed by atoms with E-state index in [9.17, 15) is 9.59 Å². The predicted octanol–water partition coefficient (Wildman–Crippen LogP) is 2.02. The molecule has 1 atom stereocenters. The van der Waals surface area contributed by atoms with E-state index in [1.165, 1.54) is 6.08 Å². The summed E-state index contributed by atoms with van der Waals surface area (Å²) in [5.74, 6) is -0.744. The fourth-order valence-corrected chi connectivity index (χ4v) is 1.56. The first-order valence-electron chi connectivity index (χ1n) is 6.44. The third kappa shape index (κ3) is 6.58. The SMILES string of the molecule is CC(CCC(=O)O)CNC(=O)/C=C/c1ccc(O)cc1. The van der Waals surface area contributed by atoms with Crippen molar-refractivity contribution in [3.8, 4) is 5.75 Å². The molecule has 0 heterocycles. The fourth-order valence-electron chi connectivity index (χ4n) is 1.56. The molecule has 108 valence electrons. The number of phenols is 1. The number of amides is 1. The normalized spacial score (nSPS) is 12.2. The third-order valence-electron chi connectivity index (χ3n) is 2.80. The summed E-state index contributed by atoms with van der Waals surface area (Å²) in [4.78, 5) is 22.0. The van der Waals surface area contributed by atoms with Crippen LogP contribution in [0.5, 0.6) is 5.75 Å². The van der Waals surface area contributed by atoms with Crippen LogP contribution in [0.2, 0.25) is 0 Å². The molecule has 1 aromatic carbocycles. The monoisotopic (exact) mass is 277 g/mol. The van der Waals surface area contributed by atoms with E-state index in [1.54, 1.807) is 30.3 Å². The molecule has 0 aliphatic carbocycles. The van der Waals surface area contributed by atoms with E-state index in [0.29, 0.717) is 13.0 Å². The van der Waals surface area contributed by atoms with Crippen LogP contribution in [0.15, 0.2) is 30.3 Å². The van der Waals surface area contributed by atoms with Gasteiger partial charge in [-0.3, -0.25) is 9.59 Å². The number of carboxylic acids is 1. The van der Waals surface area contributed by atoms with Gasteiger partial charge in [0, 0.05) is 19.0 Å². The van der Waals surface area contributed by atoms with E-state index in [-0.39, 0.29) is 24.0 Å². The minimum absolute atomic E-state index is 0.111. The van der Waals surface area contributed by atoms with Crippen molar-refractivity contribution in [2.24, 2.45) is 5.92 Å². The molecule has 0 saturated heterocycles. The molecule has 0 aliphatic rings. The molecule has 5 nitrogen and oxygen atoms in total. The average molecular weight is 277 g/mol. The lowest BCUT2D eigenvalue weighted by molar-refractivity contribution is -0.137. The molecule has 0 saturated carbocycles. The Morgan fingerprint density at radius 3 is 2.55 bits per heavy atom. The first kappa shape index (κ1) is 15.8.